The molecule has 1 aromatic carbocycles. The number of pyridine rings is 1. The van der Waals surface area contributed by atoms with Crippen LogP contribution in [0.3, 0.4) is 0 Å². The van der Waals surface area contributed by atoms with Crippen molar-refractivity contribution < 1.29 is 9.21 Å². The van der Waals surface area contributed by atoms with Gasteiger partial charge in [-0.05, 0) is 42.7 Å². The summed E-state index contributed by atoms with van der Waals surface area (Å²) in [5.41, 5.74) is 1.14. The molecule has 1 fully saturated rings. The Morgan fingerprint density at radius 1 is 1.15 bits per heavy atom. The lowest BCUT2D eigenvalue weighted by Gasteiger charge is -2.16. The van der Waals surface area contributed by atoms with Crippen LogP contribution in [0.15, 0.2) is 57.9 Å². The minimum atomic E-state index is -0.410. The van der Waals surface area contributed by atoms with Crippen LogP contribution >= 0.6 is 0 Å². The molecule has 0 unspecified atom stereocenters. The van der Waals surface area contributed by atoms with Gasteiger partial charge in [-0.25, -0.2) is 4.98 Å². The van der Waals surface area contributed by atoms with Crippen LogP contribution in [0.4, 0.5) is 5.82 Å². The molecule has 3 heterocycles. The third-order valence-electron chi connectivity index (χ3n) is 4.55. The van der Waals surface area contributed by atoms with E-state index in [1.807, 2.05) is 12.1 Å². The van der Waals surface area contributed by atoms with Gasteiger partial charge in [0.15, 0.2) is 11.2 Å². The van der Waals surface area contributed by atoms with Gasteiger partial charge >= 0.3 is 0 Å². The second-order valence-electron chi connectivity index (χ2n) is 6.37. The van der Waals surface area contributed by atoms with E-state index in [1.165, 1.54) is 18.9 Å². The summed E-state index contributed by atoms with van der Waals surface area (Å²) in [6.07, 6.45) is 4.12. The summed E-state index contributed by atoms with van der Waals surface area (Å²) in [6.45, 7) is 2.38. The molecule has 132 valence electrons. The number of nitrogens with zero attached hydrogens (tertiary/aromatic N) is 2. The molecule has 3 aromatic rings. The minimum absolute atomic E-state index is 0.0162. The van der Waals surface area contributed by atoms with E-state index in [1.54, 1.807) is 30.5 Å². The fraction of sp³-hybridized carbons (Fsp3) is 0.250. The predicted octanol–water partition coefficient (Wildman–Crippen LogP) is 2.72. The minimum Gasteiger partial charge on any atom is -0.451 e. The van der Waals surface area contributed by atoms with Crippen molar-refractivity contribution in [3.8, 4) is 0 Å². The van der Waals surface area contributed by atoms with Crippen LogP contribution in [0.5, 0.6) is 0 Å². The lowest BCUT2D eigenvalue weighted by molar-refractivity contribution is 0.0923. The Hall–Kier alpha value is -3.15. The van der Waals surface area contributed by atoms with Crippen LogP contribution in [0.2, 0.25) is 0 Å². The number of anilines is 1. The van der Waals surface area contributed by atoms with Gasteiger partial charge in [0.05, 0.1) is 5.39 Å². The fourth-order valence-corrected chi connectivity index (χ4v) is 3.17. The summed E-state index contributed by atoms with van der Waals surface area (Å²) in [4.78, 5) is 31.2. The largest absolute Gasteiger partial charge is 0.451 e. The molecular formula is C20H19N3O3. The molecule has 0 spiro atoms. The van der Waals surface area contributed by atoms with E-state index in [4.69, 9.17) is 4.42 Å². The lowest BCUT2D eigenvalue weighted by atomic mass is 10.2. The molecule has 0 radical (unpaired) electrons. The maximum atomic E-state index is 12.4. The zero-order valence-corrected chi connectivity index (χ0v) is 14.3. The summed E-state index contributed by atoms with van der Waals surface area (Å²) in [7, 11) is 0. The first-order valence-electron chi connectivity index (χ1n) is 8.72. The highest BCUT2D eigenvalue weighted by Crippen LogP contribution is 2.18. The number of hydrogen-bond acceptors (Lipinski definition) is 5. The summed E-state index contributed by atoms with van der Waals surface area (Å²) in [5.74, 6) is 0.543. The maximum Gasteiger partial charge on any atom is 0.287 e. The van der Waals surface area contributed by atoms with Crippen LogP contribution in [0.25, 0.3) is 11.0 Å². The van der Waals surface area contributed by atoms with Crippen molar-refractivity contribution in [2.45, 2.75) is 19.4 Å². The number of benzene rings is 1. The molecule has 6 nitrogen and oxygen atoms in total. The summed E-state index contributed by atoms with van der Waals surface area (Å²) in [5, 5.41) is 3.27. The Bertz CT molecular complexity index is 1010. The first-order valence-corrected chi connectivity index (χ1v) is 8.72. The van der Waals surface area contributed by atoms with Gasteiger partial charge in [0.1, 0.15) is 11.4 Å². The highest BCUT2D eigenvalue weighted by Gasteiger charge is 2.15. The second-order valence-corrected chi connectivity index (χ2v) is 6.37. The Labute approximate surface area is 150 Å². The van der Waals surface area contributed by atoms with Crippen molar-refractivity contribution in [3.05, 3.63) is 70.2 Å². The highest BCUT2D eigenvalue weighted by atomic mass is 16.3. The molecule has 26 heavy (non-hydrogen) atoms. The molecule has 6 heteroatoms. The molecule has 1 N–H and O–H groups in total. The number of aromatic nitrogens is 1. The Morgan fingerprint density at radius 3 is 2.81 bits per heavy atom. The van der Waals surface area contributed by atoms with Gasteiger partial charge in [0, 0.05) is 31.9 Å². The van der Waals surface area contributed by atoms with Crippen molar-refractivity contribution in [3.63, 3.8) is 0 Å². The van der Waals surface area contributed by atoms with Crippen LogP contribution in [-0.4, -0.2) is 24.0 Å². The molecular weight excluding hydrogens is 330 g/mol. The van der Waals surface area contributed by atoms with Crippen LogP contribution in [-0.2, 0) is 6.54 Å². The van der Waals surface area contributed by atoms with Gasteiger partial charge in [-0.3, -0.25) is 9.59 Å². The molecule has 4 rings (SSSR count). The molecule has 0 bridgehead atoms. The molecule has 1 aliphatic rings. The average Bonchev–Trinajstić information content (AvgIpc) is 3.21. The first-order chi connectivity index (χ1) is 12.7. The predicted molar refractivity (Wildman–Crippen MR) is 99.3 cm³/mol. The van der Waals surface area contributed by atoms with E-state index in [0.717, 1.165) is 24.5 Å². The van der Waals surface area contributed by atoms with Crippen molar-refractivity contribution in [2.75, 3.05) is 18.0 Å². The topological polar surface area (TPSA) is 75.4 Å². The van der Waals surface area contributed by atoms with Crippen molar-refractivity contribution in [1.29, 1.82) is 0 Å². The number of amides is 1. The quantitative estimate of drug-likeness (QED) is 0.784. The molecule has 1 aliphatic heterocycles. The molecule has 0 aliphatic carbocycles. The first kappa shape index (κ1) is 16.3. The van der Waals surface area contributed by atoms with Gasteiger partial charge in [0.25, 0.3) is 5.91 Å². The second kappa shape index (κ2) is 7.00. The zero-order valence-electron chi connectivity index (χ0n) is 14.3. The average molecular weight is 349 g/mol. The number of hydrogen-bond donors (Lipinski definition) is 1. The molecule has 0 atom stereocenters. The Kier molecular flexibility index (Phi) is 4.39. The highest BCUT2D eigenvalue weighted by molar-refractivity contribution is 5.93. The SMILES string of the molecule is O=C(NCc1ccnc(N2CCCC2)c1)c1cc(=O)c2ccccc2o1. The van der Waals surface area contributed by atoms with Crippen molar-refractivity contribution >= 4 is 22.7 Å². The van der Waals surface area contributed by atoms with Crippen LogP contribution in [0.1, 0.15) is 29.0 Å². The van der Waals surface area contributed by atoms with E-state index in [0.29, 0.717) is 17.5 Å². The van der Waals surface area contributed by atoms with Crippen molar-refractivity contribution in [2.24, 2.45) is 0 Å². The van der Waals surface area contributed by atoms with Gasteiger partial charge in [-0.2, -0.15) is 0 Å². The number of fused-ring (bicyclic) bond motifs is 1. The number of carbonyl (C=O) groups is 1. The molecule has 1 amide bonds. The number of rotatable bonds is 4. The van der Waals surface area contributed by atoms with E-state index >= 15 is 0 Å². The summed E-state index contributed by atoms with van der Waals surface area (Å²) in [6, 6.07) is 12.0. The third kappa shape index (κ3) is 3.31. The Balaban J connectivity index is 1.49. The normalized spacial score (nSPS) is 13.9. The van der Waals surface area contributed by atoms with E-state index in [9.17, 15) is 9.59 Å². The van der Waals surface area contributed by atoms with Gasteiger partial charge in [-0.1, -0.05) is 12.1 Å². The van der Waals surface area contributed by atoms with Gasteiger partial charge in [-0.15, -0.1) is 0 Å². The van der Waals surface area contributed by atoms with E-state index in [2.05, 4.69) is 15.2 Å². The van der Waals surface area contributed by atoms with Gasteiger partial charge < -0.3 is 14.6 Å². The maximum absolute atomic E-state index is 12.4. The lowest BCUT2D eigenvalue weighted by Crippen LogP contribution is -2.24. The molecule has 0 saturated carbocycles. The smallest absolute Gasteiger partial charge is 0.287 e. The number of nitrogens with one attached hydrogen (secondary N) is 1. The third-order valence-corrected chi connectivity index (χ3v) is 4.55. The summed E-state index contributed by atoms with van der Waals surface area (Å²) >= 11 is 0. The summed E-state index contributed by atoms with van der Waals surface area (Å²) < 4.78 is 5.57. The van der Waals surface area contributed by atoms with E-state index in [-0.39, 0.29) is 11.2 Å². The van der Waals surface area contributed by atoms with E-state index < -0.39 is 5.91 Å². The fourth-order valence-electron chi connectivity index (χ4n) is 3.17. The molecule has 2 aromatic heterocycles. The standard InChI is InChI=1S/C20H19N3O3/c24-16-12-18(26-17-6-2-1-5-15(16)17)20(25)22-13-14-7-8-21-19(11-14)23-9-3-4-10-23/h1-2,5-8,11-12H,3-4,9-10,13H2,(H,22,25). The zero-order chi connectivity index (χ0) is 17.9. The monoisotopic (exact) mass is 349 g/mol. The van der Waals surface area contributed by atoms with Crippen LogP contribution in [0, 0.1) is 0 Å². The van der Waals surface area contributed by atoms with Crippen LogP contribution < -0.4 is 15.6 Å². The number of para-hydroxylation sites is 1. The Morgan fingerprint density at radius 2 is 1.96 bits per heavy atom. The molecule has 1 saturated heterocycles. The van der Waals surface area contributed by atoms with Gasteiger partial charge in [0.2, 0.25) is 0 Å². The number of carbonyl (C=O) groups excluding carboxylic acids is 1. The van der Waals surface area contributed by atoms with Crippen molar-refractivity contribution in [1.82, 2.24) is 10.3 Å².